The van der Waals surface area contributed by atoms with Crippen molar-refractivity contribution in [3.63, 3.8) is 0 Å². The van der Waals surface area contributed by atoms with E-state index in [1.807, 2.05) is 14.0 Å². The Labute approximate surface area is 161 Å². The van der Waals surface area contributed by atoms with E-state index in [0.717, 1.165) is 44.4 Å². The smallest absolute Gasteiger partial charge is 0.310 e. The Morgan fingerprint density at radius 3 is 2.74 bits per heavy atom. The number of likely N-dealkylation sites (tertiary alicyclic amines) is 1. The topological polar surface area (TPSA) is 53.9 Å². The molecule has 2 rings (SSSR count). The second kappa shape index (κ2) is 11.4. The number of ether oxygens (including phenoxy) is 1. The zero-order valence-electron chi connectivity index (χ0n) is 14.3. The van der Waals surface area contributed by atoms with Crippen LogP contribution in [0.4, 0.5) is 0 Å². The van der Waals surface area contributed by atoms with Crippen LogP contribution in [0.3, 0.4) is 0 Å². The largest absolute Gasteiger partial charge is 0.466 e. The number of hydrogen-bond acceptors (Lipinski definition) is 4. The Morgan fingerprint density at radius 1 is 1.35 bits per heavy atom. The molecule has 23 heavy (non-hydrogen) atoms. The monoisotopic (exact) mass is 455 g/mol. The van der Waals surface area contributed by atoms with Crippen molar-refractivity contribution in [2.75, 3.05) is 44.8 Å². The lowest BCUT2D eigenvalue weighted by molar-refractivity contribution is -0.149. The second-order valence-electron chi connectivity index (χ2n) is 6.02. The van der Waals surface area contributed by atoms with E-state index in [4.69, 9.17) is 4.74 Å². The number of guanidine groups is 1. The standard InChI is InChI=1S/C16H29N3O2S.HI/c1-3-21-15(20)14-5-4-8-19(12-14)16(17-2)18-11-13-6-9-22-10-7-13;/h13-14H,3-12H2,1-2H3,(H,17,18);1H. The number of carbonyl (C=O) groups is 1. The predicted molar refractivity (Wildman–Crippen MR) is 108 cm³/mol. The Bertz CT molecular complexity index is 390. The van der Waals surface area contributed by atoms with Gasteiger partial charge in [0.05, 0.1) is 12.5 Å². The van der Waals surface area contributed by atoms with Crippen molar-refractivity contribution in [1.82, 2.24) is 10.2 Å². The van der Waals surface area contributed by atoms with Gasteiger partial charge in [0.1, 0.15) is 0 Å². The van der Waals surface area contributed by atoms with Gasteiger partial charge < -0.3 is 15.0 Å². The zero-order chi connectivity index (χ0) is 15.8. The van der Waals surface area contributed by atoms with Crippen LogP contribution in [-0.2, 0) is 9.53 Å². The molecule has 0 bridgehead atoms. The van der Waals surface area contributed by atoms with Crippen LogP contribution >= 0.6 is 35.7 Å². The number of nitrogens with one attached hydrogen (secondary N) is 1. The lowest BCUT2D eigenvalue weighted by atomic mass is 9.98. The highest BCUT2D eigenvalue weighted by molar-refractivity contribution is 14.0. The van der Waals surface area contributed by atoms with Gasteiger partial charge in [-0.25, -0.2) is 0 Å². The second-order valence-corrected chi connectivity index (χ2v) is 7.25. The van der Waals surface area contributed by atoms with Gasteiger partial charge in [0.25, 0.3) is 0 Å². The SMILES string of the molecule is CCOC(=O)C1CCCN(C(=NC)NCC2CCSCC2)C1.I. The fraction of sp³-hybridized carbons (Fsp3) is 0.875. The summed E-state index contributed by atoms with van der Waals surface area (Å²) in [7, 11) is 1.83. The average Bonchev–Trinajstić information content (AvgIpc) is 2.57. The van der Waals surface area contributed by atoms with Crippen molar-refractivity contribution in [3.8, 4) is 0 Å². The molecule has 0 aromatic carbocycles. The minimum Gasteiger partial charge on any atom is -0.466 e. The maximum absolute atomic E-state index is 11.9. The summed E-state index contributed by atoms with van der Waals surface area (Å²) >= 11 is 2.06. The summed E-state index contributed by atoms with van der Waals surface area (Å²) in [5.41, 5.74) is 0. The van der Waals surface area contributed by atoms with Crippen LogP contribution < -0.4 is 5.32 Å². The number of piperidine rings is 1. The lowest BCUT2D eigenvalue weighted by Gasteiger charge is -2.34. The van der Waals surface area contributed by atoms with Gasteiger partial charge in [0.2, 0.25) is 0 Å². The molecule has 1 atom stereocenters. The Morgan fingerprint density at radius 2 is 2.09 bits per heavy atom. The van der Waals surface area contributed by atoms with Crippen molar-refractivity contribution in [2.24, 2.45) is 16.8 Å². The minimum absolute atomic E-state index is 0. The number of hydrogen-bond donors (Lipinski definition) is 1. The molecule has 2 saturated heterocycles. The van der Waals surface area contributed by atoms with Gasteiger partial charge in [-0.2, -0.15) is 11.8 Å². The van der Waals surface area contributed by atoms with Crippen molar-refractivity contribution in [1.29, 1.82) is 0 Å². The van der Waals surface area contributed by atoms with E-state index in [2.05, 4.69) is 27.0 Å². The number of esters is 1. The normalized spacial score (nSPS) is 23.1. The fourth-order valence-corrected chi connectivity index (χ4v) is 4.34. The van der Waals surface area contributed by atoms with Crippen LogP contribution in [0.25, 0.3) is 0 Å². The quantitative estimate of drug-likeness (QED) is 0.306. The number of rotatable bonds is 4. The molecule has 5 nitrogen and oxygen atoms in total. The van der Waals surface area contributed by atoms with Crippen molar-refractivity contribution >= 4 is 47.7 Å². The summed E-state index contributed by atoms with van der Waals surface area (Å²) in [5, 5.41) is 3.51. The highest BCUT2D eigenvalue weighted by atomic mass is 127. The third-order valence-corrected chi connectivity index (χ3v) is 5.49. The van der Waals surface area contributed by atoms with E-state index in [1.165, 1.54) is 24.3 Å². The van der Waals surface area contributed by atoms with E-state index < -0.39 is 0 Å². The Kier molecular flexibility index (Phi) is 10.3. The van der Waals surface area contributed by atoms with Crippen LogP contribution in [0.15, 0.2) is 4.99 Å². The molecular formula is C16H30IN3O2S. The molecule has 2 fully saturated rings. The van der Waals surface area contributed by atoms with Gasteiger partial charge in [0, 0.05) is 26.7 Å². The number of thioether (sulfide) groups is 1. The van der Waals surface area contributed by atoms with Gasteiger partial charge in [0.15, 0.2) is 5.96 Å². The van der Waals surface area contributed by atoms with Crippen LogP contribution in [0.5, 0.6) is 0 Å². The summed E-state index contributed by atoms with van der Waals surface area (Å²) in [4.78, 5) is 18.6. The van der Waals surface area contributed by atoms with Crippen LogP contribution in [0.1, 0.15) is 32.6 Å². The van der Waals surface area contributed by atoms with Gasteiger partial charge in [-0.15, -0.1) is 24.0 Å². The van der Waals surface area contributed by atoms with E-state index in [1.54, 1.807) is 0 Å². The average molecular weight is 455 g/mol. The molecule has 2 aliphatic heterocycles. The predicted octanol–water partition coefficient (Wildman–Crippen LogP) is 2.60. The van der Waals surface area contributed by atoms with Gasteiger partial charge in [-0.3, -0.25) is 9.79 Å². The van der Waals surface area contributed by atoms with E-state index in [0.29, 0.717) is 6.61 Å². The van der Waals surface area contributed by atoms with Crippen molar-refractivity contribution < 1.29 is 9.53 Å². The fourth-order valence-electron chi connectivity index (χ4n) is 3.14. The summed E-state index contributed by atoms with van der Waals surface area (Å²) in [6.45, 7) is 5.01. The molecule has 1 unspecified atom stereocenters. The van der Waals surface area contributed by atoms with Crippen molar-refractivity contribution in [2.45, 2.75) is 32.6 Å². The Hall–Kier alpha value is -0.180. The van der Waals surface area contributed by atoms with Crippen LogP contribution in [-0.4, -0.2) is 61.6 Å². The summed E-state index contributed by atoms with van der Waals surface area (Å²) in [5.74, 6) is 4.17. The molecule has 0 spiro atoms. The number of nitrogens with zero attached hydrogens (tertiary/aromatic N) is 2. The first kappa shape index (κ1) is 20.9. The molecule has 0 aliphatic carbocycles. The third-order valence-electron chi connectivity index (χ3n) is 4.44. The summed E-state index contributed by atoms with van der Waals surface area (Å²) in [6, 6.07) is 0. The van der Waals surface area contributed by atoms with E-state index >= 15 is 0 Å². The summed E-state index contributed by atoms with van der Waals surface area (Å²) in [6.07, 6.45) is 4.52. The molecule has 0 aromatic heterocycles. The van der Waals surface area contributed by atoms with Crippen molar-refractivity contribution in [3.05, 3.63) is 0 Å². The van der Waals surface area contributed by atoms with Gasteiger partial charge in [-0.05, 0) is 50.0 Å². The molecule has 134 valence electrons. The highest BCUT2D eigenvalue weighted by Gasteiger charge is 2.28. The molecular weight excluding hydrogens is 425 g/mol. The van der Waals surface area contributed by atoms with Crippen LogP contribution in [0, 0.1) is 11.8 Å². The van der Waals surface area contributed by atoms with Gasteiger partial charge >= 0.3 is 5.97 Å². The number of halogens is 1. The number of aliphatic imine (C=N–C) groups is 1. The van der Waals surface area contributed by atoms with Crippen LogP contribution in [0.2, 0.25) is 0 Å². The lowest BCUT2D eigenvalue weighted by Crippen LogP contribution is -2.49. The molecule has 0 amide bonds. The molecule has 7 heteroatoms. The molecule has 0 radical (unpaired) electrons. The molecule has 1 N–H and O–H groups in total. The maximum atomic E-state index is 11.9. The number of carbonyl (C=O) groups excluding carboxylic acids is 1. The first-order valence-corrected chi connectivity index (χ1v) is 9.60. The summed E-state index contributed by atoms with van der Waals surface area (Å²) < 4.78 is 5.17. The zero-order valence-corrected chi connectivity index (χ0v) is 17.4. The molecule has 2 aliphatic rings. The van der Waals surface area contributed by atoms with E-state index in [-0.39, 0.29) is 35.9 Å². The van der Waals surface area contributed by atoms with E-state index in [9.17, 15) is 4.79 Å². The molecule has 0 saturated carbocycles. The maximum Gasteiger partial charge on any atom is 0.310 e. The molecule has 2 heterocycles. The highest BCUT2D eigenvalue weighted by Crippen LogP contribution is 2.22. The molecule has 0 aromatic rings. The third kappa shape index (κ3) is 6.68. The van der Waals surface area contributed by atoms with Gasteiger partial charge in [-0.1, -0.05) is 0 Å². The first-order valence-electron chi connectivity index (χ1n) is 8.44. The first-order chi connectivity index (χ1) is 10.7. The Balaban J connectivity index is 0.00000264. The minimum atomic E-state index is -0.0630.